The zero-order valence-corrected chi connectivity index (χ0v) is 22.4. The molecule has 0 aromatic heterocycles. The molecule has 3 aromatic rings. The molecule has 0 saturated carbocycles. The van der Waals surface area contributed by atoms with E-state index in [-0.39, 0.29) is 37.2 Å². The molecular formula is C29H28FN3O5S. The molecule has 0 spiro atoms. The van der Waals surface area contributed by atoms with Gasteiger partial charge in [0.2, 0.25) is 11.8 Å². The molecular weight excluding hydrogens is 521 g/mol. The fourth-order valence-electron chi connectivity index (χ4n) is 3.89. The summed E-state index contributed by atoms with van der Waals surface area (Å²) in [6.45, 7) is 2.20. The fraction of sp³-hybridized carbons (Fsp3) is 0.241. The number of thioether (sulfide) groups is 1. The van der Waals surface area contributed by atoms with Gasteiger partial charge in [-0.2, -0.15) is 0 Å². The predicted octanol–water partition coefficient (Wildman–Crippen LogP) is 5.21. The maximum atomic E-state index is 14.2. The topological polar surface area (TPSA) is 97.3 Å². The van der Waals surface area contributed by atoms with Gasteiger partial charge in [0.25, 0.3) is 0 Å². The largest absolute Gasteiger partial charge is 0.497 e. The quantitative estimate of drug-likeness (QED) is 0.368. The van der Waals surface area contributed by atoms with E-state index in [1.807, 2.05) is 0 Å². The predicted molar refractivity (Wildman–Crippen MR) is 149 cm³/mol. The zero-order valence-electron chi connectivity index (χ0n) is 21.6. The van der Waals surface area contributed by atoms with Crippen LogP contribution in [0.1, 0.15) is 29.3 Å². The van der Waals surface area contributed by atoms with Gasteiger partial charge in [-0.3, -0.25) is 14.5 Å². The van der Waals surface area contributed by atoms with Crippen molar-refractivity contribution in [2.45, 2.75) is 25.0 Å². The highest BCUT2D eigenvalue weighted by Gasteiger charge is 2.36. The molecule has 8 nitrogen and oxygen atoms in total. The van der Waals surface area contributed by atoms with Crippen molar-refractivity contribution in [3.05, 3.63) is 89.7 Å². The molecule has 1 atom stereocenters. The highest BCUT2D eigenvalue weighted by atomic mass is 32.2. The van der Waals surface area contributed by atoms with Gasteiger partial charge >= 0.3 is 5.97 Å². The Labute approximate surface area is 230 Å². The Morgan fingerprint density at radius 3 is 2.46 bits per heavy atom. The Kier molecular flexibility index (Phi) is 9.32. The van der Waals surface area contributed by atoms with Crippen LogP contribution < -0.4 is 10.1 Å². The van der Waals surface area contributed by atoms with Crippen LogP contribution in [0.5, 0.6) is 5.75 Å². The number of hydrogen-bond acceptors (Lipinski definition) is 7. The maximum absolute atomic E-state index is 14.2. The lowest BCUT2D eigenvalue weighted by molar-refractivity contribution is -0.129. The van der Waals surface area contributed by atoms with E-state index < -0.39 is 11.2 Å². The minimum atomic E-state index is -0.732. The normalized spacial score (nSPS) is 16.2. The molecule has 10 heteroatoms. The highest BCUT2D eigenvalue weighted by Crippen LogP contribution is 2.31. The summed E-state index contributed by atoms with van der Waals surface area (Å²) in [6, 6.07) is 19.8. The standard InChI is InChI=1S/C29H28FN3O5S/c1-3-38-28(36)20-8-10-21(11-9-20)31-27(35)25-18-26(34)33(17-16-19-6-4-5-7-24(19)30)29(39-25)32-22-12-14-23(37-2)15-13-22/h4-15,25H,3,16-18H2,1-2H3,(H,31,35). The third-order valence-electron chi connectivity index (χ3n) is 5.96. The van der Waals surface area contributed by atoms with Gasteiger partial charge in [0, 0.05) is 18.7 Å². The molecule has 1 unspecified atom stereocenters. The van der Waals surface area contributed by atoms with Gasteiger partial charge in [-0.25, -0.2) is 14.2 Å². The van der Waals surface area contributed by atoms with Crippen molar-refractivity contribution < 1.29 is 28.2 Å². The molecule has 0 aliphatic carbocycles. The summed E-state index contributed by atoms with van der Waals surface area (Å²) in [4.78, 5) is 44.4. The SMILES string of the molecule is CCOC(=O)c1ccc(NC(=O)C2CC(=O)N(CCc3ccccc3F)C(=Nc3ccc(OC)cc3)S2)cc1. The van der Waals surface area contributed by atoms with Gasteiger partial charge in [0.1, 0.15) is 16.8 Å². The molecule has 4 rings (SSSR count). The lowest BCUT2D eigenvalue weighted by atomic mass is 10.1. The van der Waals surface area contributed by atoms with Crippen molar-refractivity contribution in [1.82, 2.24) is 4.90 Å². The summed E-state index contributed by atoms with van der Waals surface area (Å²) in [7, 11) is 1.56. The van der Waals surface area contributed by atoms with Gasteiger partial charge in [-0.15, -0.1) is 0 Å². The molecule has 0 bridgehead atoms. The van der Waals surface area contributed by atoms with E-state index in [4.69, 9.17) is 9.47 Å². The number of esters is 1. The summed E-state index contributed by atoms with van der Waals surface area (Å²) in [5, 5.41) is 2.43. The van der Waals surface area contributed by atoms with E-state index in [1.54, 1.807) is 80.8 Å². The van der Waals surface area contributed by atoms with E-state index in [1.165, 1.54) is 22.7 Å². The lowest BCUT2D eigenvalue weighted by Gasteiger charge is -2.32. The number of nitrogens with zero attached hydrogens (tertiary/aromatic N) is 2. The Bertz CT molecular complexity index is 1360. The number of rotatable bonds is 9. The van der Waals surface area contributed by atoms with Crippen molar-refractivity contribution in [1.29, 1.82) is 0 Å². The number of nitrogens with one attached hydrogen (secondary N) is 1. The van der Waals surface area contributed by atoms with E-state index in [0.29, 0.717) is 39.8 Å². The number of aliphatic imine (C=N–C) groups is 1. The van der Waals surface area contributed by atoms with Crippen LogP contribution in [0, 0.1) is 5.82 Å². The molecule has 1 heterocycles. The first kappa shape index (κ1) is 27.8. The second-order valence-electron chi connectivity index (χ2n) is 8.58. The number of carbonyl (C=O) groups excluding carboxylic acids is 3. The molecule has 1 fully saturated rings. The Hall–Kier alpha value is -4.18. The van der Waals surface area contributed by atoms with Gasteiger partial charge < -0.3 is 14.8 Å². The van der Waals surface area contributed by atoms with E-state index in [2.05, 4.69) is 10.3 Å². The van der Waals surface area contributed by atoms with E-state index >= 15 is 0 Å². The first-order valence-electron chi connectivity index (χ1n) is 12.4. The number of amidine groups is 1. The second-order valence-corrected chi connectivity index (χ2v) is 9.75. The number of benzene rings is 3. The van der Waals surface area contributed by atoms with Crippen LogP contribution in [0.3, 0.4) is 0 Å². The van der Waals surface area contributed by atoms with Crippen LogP contribution >= 0.6 is 11.8 Å². The van der Waals surface area contributed by atoms with Crippen molar-refractivity contribution in [2.75, 3.05) is 25.6 Å². The van der Waals surface area contributed by atoms with Crippen LogP contribution in [-0.2, 0) is 20.7 Å². The average molecular weight is 550 g/mol. The molecule has 1 saturated heterocycles. The van der Waals surface area contributed by atoms with Crippen LogP contribution in [-0.4, -0.2) is 53.4 Å². The summed E-state index contributed by atoms with van der Waals surface area (Å²) < 4.78 is 24.4. The Morgan fingerprint density at radius 1 is 1.08 bits per heavy atom. The number of amides is 2. The van der Waals surface area contributed by atoms with Crippen molar-refractivity contribution in [3.63, 3.8) is 0 Å². The van der Waals surface area contributed by atoms with Crippen molar-refractivity contribution in [3.8, 4) is 5.75 Å². The van der Waals surface area contributed by atoms with Crippen molar-refractivity contribution >= 4 is 46.1 Å². The third-order valence-corrected chi connectivity index (χ3v) is 7.14. The van der Waals surface area contributed by atoms with Crippen molar-refractivity contribution in [2.24, 2.45) is 4.99 Å². The van der Waals surface area contributed by atoms with Gasteiger partial charge in [-0.1, -0.05) is 30.0 Å². The summed E-state index contributed by atoms with van der Waals surface area (Å²) >= 11 is 1.17. The van der Waals surface area contributed by atoms with Gasteiger partial charge in [0.15, 0.2) is 5.17 Å². The molecule has 3 aromatic carbocycles. The number of methoxy groups -OCH3 is 1. The molecule has 1 aliphatic heterocycles. The highest BCUT2D eigenvalue weighted by molar-refractivity contribution is 8.15. The average Bonchev–Trinajstić information content (AvgIpc) is 2.94. The van der Waals surface area contributed by atoms with Crippen LogP contribution in [0.25, 0.3) is 0 Å². The number of anilines is 1. The molecule has 202 valence electrons. The molecule has 2 amide bonds. The minimum Gasteiger partial charge on any atom is -0.497 e. The second kappa shape index (κ2) is 13.1. The zero-order chi connectivity index (χ0) is 27.8. The smallest absolute Gasteiger partial charge is 0.338 e. The molecule has 1 N–H and O–H groups in total. The van der Waals surface area contributed by atoms with Crippen LogP contribution in [0.4, 0.5) is 15.8 Å². The summed E-state index contributed by atoms with van der Waals surface area (Å²) in [5.41, 5.74) is 1.93. The first-order chi connectivity index (χ1) is 18.9. The minimum absolute atomic E-state index is 0.0453. The Morgan fingerprint density at radius 2 is 1.79 bits per heavy atom. The van der Waals surface area contributed by atoms with E-state index in [9.17, 15) is 18.8 Å². The molecule has 0 radical (unpaired) electrons. The number of hydrogen-bond donors (Lipinski definition) is 1. The number of halogens is 1. The molecule has 39 heavy (non-hydrogen) atoms. The third kappa shape index (κ3) is 7.23. The van der Waals surface area contributed by atoms with E-state index in [0.717, 1.165) is 0 Å². The Balaban J connectivity index is 1.52. The van der Waals surface area contributed by atoms with Gasteiger partial charge in [-0.05, 0) is 73.5 Å². The fourth-order valence-corrected chi connectivity index (χ4v) is 5.01. The van der Waals surface area contributed by atoms with Crippen LogP contribution in [0.2, 0.25) is 0 Å². The number of carbonyl (C=O) groups is 3. The maximum Gasteiger partial charge on any atom is 0.338 e. The van der Waals surface area contributed by atoms with Gasteiger partial charge in [0.05, 0.1) is 25.0 Å². The summed E-state index contributed by atoms with van der Waals surface area (Å²) in [6.07, 6.45) is 0.251. The van der Waals surface area contributed by atoms with Crippen LogP contribution in [0.15, 0.2) is 77.8 Å². The summed E-state index contributed by atoms with van der Waals surface area (Å²) in [5.74, 6) is -0.773. The monoisotopic (exact) mass is 549 g/mol. The first-order valence-corrected chi connectivity index (χ1v) is 13.3. The number of ether oxygens (including phenoxy) is 2. The molecule has 1 aliphatic rings. The lowest BCUT2D eigenvalue weighted by Crippen LogP contribution is -2.46.